The van der Waals surface area contributed by atoms with Crippen LogP contribution in [0.5, 0.6) is 0 Å². The Morgan fingerprint density at radius 2 is 1.74 bits per heavy atom. The van der Waals surface area contributed by atoms with Gasteiger partial charge in [-0.05, 0) is 41.1 Å². The smallest absolute Gasteiger partial charge is 0.231 e. The Morgan fingerprint density at radius 3 is 2.44 bits per heavy atom. The van der Waals surface area contributed by atoms with E-state index in [0.717, 1.165) is 15.8 Å². The molecule has 27 heavy (non-hydrogen) atoms. The van der Waals surface area contributed by atoms with E-state index in [9.17, 15) is 9.59 Å². The molecule has 1 amide bonds. The van der Waals surface area contributed by atoms with Crippen LogP contribution in [-0.2, 0) is 4.79 Å². The molecule has 3 aromatic rings. The second-order valence-corrected chi connectivity index (χ2v) is 6.23. The number of nitrogens with one attached hydrogen (secondary N) is 2. The summed E-state index contributed by atoms with van der Waals surface area (Å²) in [5.74, 6) is -0.370. The van der Waals surface area contributed by atoms with Crippen LogP contribution in [0.1, 0.15) is 10.4 Å². The van der Waals surface area contributed by atoms with Gasteiger partial charge in [-0.2, -0.15) is 5.10 Å². The second kappa shape index (κ2) is 8.33. The minimum atomic E-state index is -0.351. The quantitative estimate of drug-likeness (QED) is 0.225. The van der Waals surface area contributed by atoms with Gasteiger partial charge in [-0.25, -0.2) is 0 Å². The van der Waals surface area contributed by atoms with Crippen molar-refractivity contribution in [3.8, 4) is 0 Å². The molecule has 0 saturated heterocycles. The highest BCUT2D eigenvalue weighted by Gasteiger charge is 2.16. The van der Waals surface area contributed by atoms with E-state index in [1.807, 2.05) is 30.3 Å². The van der Waals surface area contributed by atoms with E-state index in [0.29, 0.717) is 22.7 Å². The number of anilines is 1. The Morgan fingerprint density at radius 1 is 1.04 bits per heavy atom. The van der Waals surface area contributed by atoms with Crippen LogP contribution < -0.4 is 10.9 Å². The van der Waals surface area contributed by atoms with Gasteiger partial charge in [0, 0.05) is 17.6 Å². The predicted octanol–water partition coefficient (Wildman–Crippen LogP) is 3.69. The fraction of sp³-hybridized carbons (Fsp3) is 0.0500. The van der Waals surface area contributed by atoms with Crippen molar-refractivity contribution in [1.82, 2.24) is 10.4 Å². The third-order valence-corrected chi connectivity index (χ3v) is 4.06. The van der Waals surface area contributed by atoms with Crippen LogP contribution in [0.3, 0.4) is 0 Å². The maximum Gasteiger partial charge on any atom is 0.231 e. The first-order chi connectivity index (χ1) is 13.1. The van der Waals surface area contributed by atoms with Gasteiger partial charge < -0.3 is 0 Å². The van der Waals surface area contributed by atoms with Gasteiger partial charge in [0.1, 0.15) is 0 Å². The van der Waals surface area contributed by atoms with E-state index in [2.05, 4.69) is 16.0 Å². The summed E-state index contributed by atoms with van der Waals surface area (Å²) in [5, 5.41) is 7.81. The van der Waals surface area contributed by atoms with Gasteiger partial charge in [0.15, 0.2) is 0 Å². The van der Waals surface area contributed by atoms with E-state index in [1.54, 1.807) is 36.4 Å². The van der Waals surface area contributed by atoms with E-state index in [-0.39, 0.29) is 11.6 Å². The average molecular weight is 381 g/mol. The molecule has 0 aliphatic heterocycles. The van der Waals surface area contributed by atoms with Crippen LogP contribution in [0.25, 0.3) is 10.8 Å². The lowest BCUT2D eigenvalue weighted by molar-refractivity contribution is -0.118. The SMILES string of the molecule is CN(C=O)N/C(=N\Nc1ccc(Cl)cc1)C(=O)c1ccc2ccccc2c1. The number of amidine groups is 1. The number of benzene rings is 3. The summed E-state index contributed by atoms with van der Waals surface area (Å²) in [5.41, 5.74) is 6.57. The lowest BCUT2D eigenvalue weighted by atomic mass is 10.0. The maximum absolute atomic E-state index is 12.9. The van der Waals surface area contributed by atoms with Crippen LogP contribution in [0.15, 0.2) is 71.8 Å². The second-order valence-electron chi connectivity index (χ2n) is 5.80. The summed E-state index contributed by atoms with van der Waals surface area (Å²) in [4.78, 5) is 23.9. The lowest BCUT2D eigenvalue weighted by Gasteiger charge is -2.15. The molecule has 0 radical (unpaired) electrons. The fourth-order valence-corrected chi connectivity index (χ4v) is 2.56. The summed E-state index contributed by atoms with van der Waals surface area (Å²) in [6.45, 7) is 0. The van der Waals surface area contributed by atoms with Crippen LogP contribution in [-0.4, -0.2) is 30.1 Å². The third-order valence-electron chi connectivity index (χ3n) is 3.81. The number of carbonyl (C=O) groups is 2. The number of nitrogens with zero attached hydrogens (tertiary/aromatic N) is 2. The minimum Gasteiger partial charge on any atom is -0.285 e. The number of rotatable bonds is 6. The fourth-order valence-electron chi connectivity index (χ4n) is 2.43. The van der Waals surface area contributed by atoms with Crippen LogP contribution in [0, 0.1) is 0 Å². The lowest BCUT2D eigenvalue weighted by Crippen LogP contribution is -2.42. The normalized spacial score (nSPS) is 11.1. The molecule has 7 heteroatoms. The minimum absolute atomic E-state index is 0.0187. The van der Waals surface area contributed by atoms with Crippen LogP contribution in [0.2, 0.25) is 5.02 Å². The Labute approximate surface area is 161 Å². The molecule has 6 nitrogen and oxygen atoms in total. The number of halogens is 1. The van der Waals surface area contributed by atoms with Crippen molar-refractivity contribution in [3.05, 3.63) is 77.3 Å². The summed E-state index contributed by atoms with van der Waals surface area (Å²) >= 11 is 5.86. The van der Waals surface area contributed by atoms with Crippen molar-refractivity contribution in [2.24, 2.45) is 5.10 Å². The standard InChI is InChI=1S/C20H17ClN4O2/c1-25(13-26)24-20(23-22-18-10-8-17(21)9-11-18)19(27)16-7-6-14-4-2-3-5-15(14)12-16/h2-13,22H,1H3,(H,23,24). The Balaban J connectivity index is 1.90. The van der Waals surface area contributed by atoms with Gasteiger partial charge in [-0.3, -0.25) is 25.4 Å². The molecule has 0 spiro atoms. The molecule has 0 heterocycles. The molecular formula is C20H17ClN4O2. The number of carbonyl (C=O) groups excluding carboxylic acids is 2. The molecular weight excluding hydrogens is 364 g/mol. The van der Waals surface area contributed by atoms with Crippen LogP contribution >= 0.6 is 11.6 Å². The van der Waals surface area contributed by atoms with Gasteiger partial charge in [0.2, 0.25) is 18.0 Å². The first-order valence-electron chi connectivity index (χ1n) is 8.14. The van der Waals surface area contributed by atoms with Crippen molar-refractivity contribution in [2.45, 2.75) is 0 Å². The average Bonchev–Trinajstić information content (AvgIpc) is 2.71. The molecule has 0 fully saturated rings. The molecule has 0 saturated carbocycles. The number of fused-ring (bicyclic) bond motifs is 1. The highest BCUT2D eigenvalue weighted by molar-refractivity contribution is 6.45. The van der Waals surface area contributed by atoms with E-state index >= 15 is 0 Å². The van der Waals surface area contributed by atoms with Gasteiger partial charge in [-0.1, -0.05) is 48.0 Å². The monoisotopic (exact) mass is 380 g/mol. The zero-order chi connectivity index (χ0) is 19.2. The largest absolute Gasteiger partial charge is 0.285 e. The molecule has 136 valence electrons. The summed E-state index contributed by atoms with van der Waals surface area (Å²) in [6.07, 6.45) is 0.547. The number of hydrazone groups is 1. The first-order valence-corrected chi connectivity index (χ1v) is 8.52. The number of Topliss-reactive ketones (excluding diaryl/α,β-unsaturated/α-hetero) is 1. The molecule has 0 bridgehead atoms. The summed E-state index contributed by atoms with van der Waals surface area (Å²) in [7, 11) is 1.48. The third kappa shape index (κ3) is 4.62. The molecule has 0 atom stereocenters. The number of hydrogen-bond acceptors (Lipinski definition) is 4. The van der Waals surface area contributed by atoms with E-state index in [4.69, 9.17) is 11.6 Å². The molecule has 3 rings (SSSR count). The highest BCUT2D eigenvalue weighted by atomic mass is 35.5. The van der Waals surface area contributed by atoms with Crippen molar-refractivity contribution >= 4 is 46.1 Å². The van der Waals surface area contributed by atoms with Crippen molar-refractivity contribution in [1.29, 1.82) is 0 Å². The van der Waals surface area contributed by atoms with Gasteiger partial charge in [0.25, 0.3) is 0 Å². The van der Waals surface area contributed by atoms with Crippen molar-refractivity contribution < 1.29 is 9.59 Å². The van der Waals surface area contributed by atoms with E-state index < -0.39 is 0 Å². The first kappa shape index (κ1) is 18.4. The molecule has 0 aliphatic rings. The molecule has 0 aliphatic carbocycles. The summed E-state index contributed by atoms with van der Waals surface area (Å²) in [6, 6.07) is 20.0. The maximum atomic E-state index is 12.9. The van der Waals surface area contributed by atoms with Crippen molar-refractivity contribution in [2.75, 3.05) is 12.5 Å². The number of hydrazine groups is 1. The van der Waals surface area contributed by atoms with Gasteiger partial charge in [0.05, 0.1) is 5.69 Å². The topological polar surface area (TPSA) is 73.8 Å². The van der Waals surface area contributed by atoms with Crippen molar-refractivity contribution in [3.63, 3.8) is 0 Å². The predicted molar refractivity (Wildman–Crippen MR) is 108 cm³/mol. The number of ketones is 1. The van der Waals surface area contributed by atoms with E-state index in [1.165, 1.54) is 7.05 Å². The number of amides is 1. The Bertz CT molecular complexity index is 1000. The Kier molecular flexibility index (Phi) is 5.68. The van der Waals surface area contributed by atoms with Crippen LogP contribution in [0.4, 0.5) is 5.69 Å². The highest BCUT2D eigenvalue weighted by Crippen LogP contribution is 2.17. The molecule has 2 N–H and O–H groups in total. The van der Waals surface area contributed by atoms with Gasteiger partial charge >= 0.3 is 0 Å². The number of hydrogen-bond donors (Lipinski definition) is 2. The molecule has 3 aromatic carbocycles. The summed E-state index contributed by atoms with van der Waals surface area (Å²) < 4.78 is 0. The molecule has 0 unspecified atom stereocenters. The van der Waals surface area contributed by atoms with Gasteiger partial charge in [-0.15, -0.1) is 0 Å². The Hall–Kier alpha value is -3.38. The zero-order valence-electron chi connectivity index (χ0n) is 14.5. The zero-order valence-corrected chi connectivity index (χ0v) is 15.3. The molecule has 0 aromatic heterocycles.